The number of piperazine rings is 1. The molecule has 7 nitrogen and oxygen atoms in total. The number of hydrogen-bond donors (Lipinski definition) is 0. The summed E-state index contributed by atoms with van der Waals surface area (Å²) in [6.45, 7) is 5.69. The lowest BCUT2D eigenvalue weighted by Gasteiger charge is -2.39. The summed E-state index contributed by atoms with van der Waals surface area (Å²) < 4.78 is 5.46. The second-order valence-electron chi connectivity index (χ2n) is 7.25. The smallest absolute Gasteiger partial charge is 0.313 e. The van der Waals surface area contributed by atoms with E-state index in [9.17, 15) is 14.4 Å². The number of carbonyl (C=O) groups excluding carboxylic acids is 3. The number of carbonyl (C=O) groups is 3. The zero-order chi connectivity index (χ0) is 19.9. The maximum absolute atomic E-state index is 13.4. The van der Waals surface area contributed by atoms with Gasteiger partial charge in [-0.3, -0.25) is 14.4 Å². The van der Waals surface area contributed by atoms with E-state index in [-0.39, 0.29) is 5.91 Å². The molecule has 0 aliphatic carbocycles. The fraction of sp³-hybridized carbons (Fsp3) is 0.571. The van der Waals surface area contributed by atoms with Gasteiger partial charge in [0.25, 0.3) is 0 Å². The third kappa shape index (κ3) is 4.52. The highest BCUT2D eigenvalue weighted by molar-refractivity contribution is 6.35. The first-order chi connectivity index (χ1) is 13.6. The second-order valence-corrected chi connectivity index (χ2v) is 7.25. The third-order valence-corrected chi connectivity index (χ3v) is 5.32. The summed E-state index contributed by atoms with van der Waals surface area (Å²) in [5.74, 6) is -1.23. The highest BCUT2D eigenvalue weighted by Gasteiger charge is 2.41. The molecule has 152 valence electrons. The van der Waals surface area contributed by atoms with E-state index in [1.807, 2.05) is 30.3 Å². The topological polar surface area (TPSA) is 70.2 Å². The molecule has 3 amide bonds. The van der Waals surface area contributed by atoms with Crippen molar-refractivity contribution in [2.24, 2.45) is 0 Å². The van der Waals surface area contributed by atoms with Crippen LogP contribution in [-0.2, 0) is 19.1 Å². The number of hydrogen-bond acceptors (Lipinski definition) is 4. The van der Waals surface area contributed by atoms with Crippen LogP contribution in [0, 0.1) is 0 Å². The molecular formula is C21H29N3O4. The molecule has 3 rings (SSSR count). The van der Waals surface area contributed by atoms with Crippen LogP contribution in [0.25, 0.3) is 0 Å². The minimum absolute atomic E-state index is 0.139. The number of benzene rings is 1. The molecule has 1 atom stereocenters. The van der Waals surface area contributed by atoms with E-state index in [2.05, 4.69) is 6.92 Å². The number of amides is 3. The molecule has 0 N–H and O–H groups in total. The highest BCUT2D eigenvalue weighted by Crippen LogP contribution is 2.26. The van der Waals surface area contributed by atoms with Gasteiger partial charge in [-0.25, -0.2) is 0 Å². The first kappa shape index (κ1) is 20.3. The molecule has 0 spiro atoms. The van der Waals surface area contributed by atoms with E-state index >= 15 is 0 Å². The molecule has 1 aromatic rings. The molecule has 0 saturated carbocycles. The Labute approximate surface area is 166 Å². The minimum atomic E-state index is -0.774. The van der Waals surface area contributed by atoms with Crippen molar-refractivity contribution in [2.75, 3.05) is 45.9 Å². The summed E-state index contributed by atoms with van der Waals surface area (Å²) in [7, 11) is 0. The molecule has 0 radical (unpaired) electrons. The quantitative estimate of drug-likeness (QED) is 0.693. The molecule has 0 aromatic heterocycles. The van der Waals surface area contributed by atoms with E-state index in [0.717, 1.165) is 24.8 Å². The van der Waals surface area contributed by atoms with Crippen LogP contribution >= 0.6 is 0 Å². The van der Waals surface area contributed by atoms with Crippen molar-refractivity contribution in [1.29, 1.82) is 0 Å². The molecule has 0 unspecified atom stereocenters. The van der Waals surface area contributed by atoms with E-state index in [0.29, 0.717) is 45.9 Å². The summed E-state index contributed by atoms with van der Waals surface area (Å²) >= 11 is 0. The molecule has 0 bridgehead atoms. The van der Waals surface area contributed by atoms with E-state index in [1.54, 1.807) is 9.80 Å². The van der Waals surface area contributed by atoms with Crippen LogP contribution in [0.5, 0.6) is 0 Å². The monoisotopic (exact) mass is 387 g/mol. The van der Waals surface area contributed by atoms with Gasteiger partial charge in [0.05, 0.1) is 6.61 Å². The molecule has 2 fully saturated rings. The third-order valence-electron chi connectivity index (χ3n) is 5.32. The van der Waals surface area contributed by atoms with Gasteiger partial charge in [-0.05, 0) is 18.4 Å². The fourth-order valence-electron chi connectivity index (χ4n) is 3.73. The van der Waals surface area contributed by atoms with Crippen molar-refractivity contribution >= 4 is 17.7 Å². The second kappa shape index (κ2) is 9.68. The van der Waals surface area contributed by atoms with Gasteiger partial charge in [-0.2, -0.15) is 0 Å². The Hall–Kier alpha value is -2.41. The van der Waals surface area contributed by atoms with Gasteiger partial charge in [-0.15, -0.1) is 0 Å². The van der Waals surface area contributed by atoms with Crippen molar-refractivity contribution in [3.63, 3.8) is 0 Å². The summed E-state index contributed by atoms with van der Waals surface area (Å²) in [5, 5.41) is 0. The normalized spacial score (nSPS) is 19.5. The number of rotatable bonds is 6. The summed E-state index contributed by atoms with van der Waals surface area (Å²) in [6.07, 6.45) is 2.60. The summed E-state index contributed by atoms with van der Waals surface area (Å²) in [4.78, 5) is 43.8. The average Bonchev–Trinajstić information content (AvgIpc) is 3.01. The number of nitrogens with zero attached hydrogens (tertiary/aromatic N) is 3. The predicted octanol–water partition coefficient (Wildman–Crippen LogP) is 1.45. The Morgan fingerprint density at radius 2 is 1.82 bits per heavy atom. The Morgan fingerprint density at radius 3 is 2.57 bits per heavy atom. The van der Waals surface area contributed by atoms with Crippen LogP contribution < -0.4 is 0 Å². The maximum atomic E-state index is 13.4. The van der Waals surface area contributed by atoms with Crippen LogP contribution in [0.2, 0.25) is 0 Å². The van der Waals surface area contributed by atoms with Gasteiger partial charge in [0.1, 0.15) is 6.04 Å². The predicted molar refractivity (Wildman–Crippen MR) is 104 cm³/mol. The lowest BCUT2D eigenvalue weighted by molar-refractivity contribution is -0.161. The van der Waals surface area contributed by atoms with Crippen LogP contribution in [0.1, 0.15) is 37.8 Å². The fourth-order valence-corrected chi connectivity index (χ4v) is 3.73. The van der Waals surface area contributed by atoms with Crippen molar-refractivity contribution in [2.45, 2.75) is 32.2 Å². The lowest BCUT2D eigenvalue weighted by Crippen LogP contribution is -2.57. The highest BCUT2D eigenvalue weighted by atomic mass is 16.5. The number of ether oxygens (including phenoxy) is 1. The first-order valence-corrected chi connectivity index (χ1v) is 10.1. The van der Waals surface area contributed by atoms with Gasteiger partial charge in [0.15, 0.2) is 0 Å². The molecule has 28 heavy (non-hydrogen) atoms. The molecule has 2 saturated heterocycles. The number of unbranched alkanes of at least 4 members (excludes halogenated alkanes) is 1. The van der Waals surface area contributed by atoms with Crippen LogP contribution in [0.4, 0.5) is 0 Å². The molecule has 7 heteroatoms. The average molecular weight is 387 g/mol. The zero-order valence-corrected chi connectivity index (χ0v) is 16.5. The SMILES string of the molecule is CCCCN1CCN([C@@H](C(=O)N2CCCOCC2)c2ccccc2)C(=O)C1=O. The molecule has 2 aliphatic rings. The van der Waals surface area contributed by atoms with Crippen LogP contribution in [0.3, 0.4) is 0 Å². The lowest BCUT2D eigenvalue weighted by atomic mass is 10.0. The minimum Gasteiger partial charge on any atom is -0.380 e. The largest absolute Gasteiger partial charge is 0.380 e. The Bertz CT molecular complexity index is 686. The van der Waals surface area contributed by atoms with Crippen molar-refractivity contribution in [3.8, 4) is 0 Å². The Balaban J connectivity index is 1.84. The molecule has 1 aromatic carbocycles. The van der Waals surface area contributed by atoms with Gasteiger partial charge >= 0.3 is 11.8 Å². The van der Waals surface area contributed by atoms with Crippen molar-refractivity contribution in [3.05, 3.63) is 35.9 Å². The van der Waals surface area contributed by atoms with E-state index in [1.165, 1.54) is 4.90 Å². The van der Waals surface area contributed by atoms with E-state index in [4.69, 9.17) is 4.74 Å². The first-order valence-electron chi connectivity index (χ1n) is 10.1. The van der Waals surface area contributed by atoms with Crippen molar-refractivity contribution < 1.29 is 19.1 Å². The Morgan fingerprint density at radius 1 is 1.04 bits per heavy atom. The van der Waals surface area contributed by atoms with Crippen LogP contribution in [-0.4, -0.2) is 78.4 Å². The van der Waals surface area contributed by atoms with Crippen molar-refractivity contribution in [1.82, 2.24) is 14.7 Å². The zero-order valence-electron chi connectivity index (χ0n) is 16.5. The van der Waals surface area contributed by atoms with Gasteiger partial charge in [-0.1, -0.05) is 43.7 Å². The molecular weight excluding hydrogens is 358 g/mol. The molecule has 2 heterocycles. The summed E-state index contributed by atoms with van der Waals surface area (Å²) in [5.41, 5.74) is 0.737. The van der Waals surface area contributed by atoms with Gasteiger partial charge in [0, 0.05) is 39.3 Å². The van der Waals surface area contributed by atoms with Gasteiger partial charge in [0.2, 0.25) is 5.91 Å². The van der Waals surface area contributed by atoms with E-state index < -0.39 is 17.9 Å². The summed E-state index contributed by atoms with van der Waals surface area (Å²) in [6, 6.07) is 8.50. The maximum Gasteiger partial charge on any atom is 0.313 e. The standard InChI is InChI=1S/C21H29N3O4/c1-2-3-10-22-12-13-24(21(27)20(22)26)18(17-8-5-4-6-9-17)19(25)23-11-7-15-28-16-14-23/h4-6,8-9,18H,2-3,7,10-16H2,1H3/t18-/m1/s1. The molecule has 2 aliphatic heterocycles. The Kier molecular flexibility index (Phi) is 7.03. The van der Waals surface area contributed by atoms with Crippen LogP contribution in [0.15, 0.2) is 30.3 Å². The van der Waals surface area contributed by atoms with Gasteiger partial charge < -0.3 is 19.4 Å².